The topological polar surface area (TPSA) is 65.2 Å². The number of hydrogen-bond donors (Lipinski definition) is 2. The highest BCUT2D eigenvalue weighted by atomic mass is 16.4. The highest BCUT2D eigenvalue weighted by Gasteiger charge is 2.10. The lowest BCUT2D eigenvalue weighted by Gasteiger charge is -2.07. The second-order valence-electron chi connectivity index (χ2n) is 9.66. The maximum Gasteiger partial charge on any atom is 0.104 e. The SMILES string of the molecule is CCCCCCCCCCCCCC(=NO)C(CCCCCCCCCCCCC)=NO. The molecule has 0 saturated carbocycles. The summed E-state index contributed by atoms with van der Waals surface area (Å²) in [6, 6.07) is 0. The third kappa shape index (κ3) is 20.8. The molecule has 0 aliphatic heterocycles. The van der Waals surface area contributed by atoms with Crippen LogP contribution >= 0.6 is 0 Å². The van der Waals surface area contributed by atoms with Crippen molar-refractivity contribution in [2.75, 3.05) is 0 Å². The quantitative estimate of drug-likeness (QED) is 0.0626. The molecule has 0 aliphatic rings. The summed E-state index contributed by atoms with van der Waals surface area (Å²) in [6.07, 6.45) is 30.0. The minimum absolute atomic E-state index is 0.579. The molecule has 2 N–H and O–H groups in total. The van der Waals surface area contributed by atoms with Crippen LogP contribution < -0.4 is 0 Å². The molecule has 0 bridgehead atoms. The molecule has 4 nitrogen and oxygen atoms in total. The van der Waals surface area contributed by atoms with Gasteiger partial charge in [-0.25, -0.2) is 0 Å². The number of nitrogens with zero attached hydrogens (tertiary/aromatic N) is 2. The van der Waals surface area contributed by atoms with E-state index in [0.717, 1.165) is 25.7 Å². The van der Waals surface area contributed by atoms with Gasteiger partial charge in [-0.3, -0.25) is 0 Å². The van der Waals surface area contributed by atoms with Gasteiger partial charge in [0.25, 0.3) is 0 Å². The van der Waals surface area contributed by atoms with Crippen molar-refractivity contribution in [1.82, 2.24) is 0 Å². The van der Waals surface area contributed by atoms with Crippen LogP contribution in [0, 0.1) is 0 Å². The maximum absolute atomic E-state index is 9.36. The first kappa shape index (κ1) is 30.9. The maximum atomic E-state index is 9.36. The Kier molecular flexibility index (Phi) is 25.3. The van der Waals surface area contributed by atoms with Gasteiger partial charge in [-0.1, -0.05) is 153 Å². The van der Waals surface area contributed by atoms with Gasteiger partial charge < -0.3 is 10.4 Å². The predicted octanol–water partition coefficient (Wildman–Crippen LogP) is 10.0. The van der Waals surface area contributed by atoms with E-state index in [9.17, 15) is 10.4 Å². The Morgan fingerprint density at radius 3 is 0.812 bits per heavy atom. The summed E-state index contributed by atoms with van der Waals surface area (Å²) in [5.74, 6) is 0. The Morgan fingerprint density at radius 2 is 0.594 bits per heavy atom. The van der Waals surface area contributed by atoms with Crippen LogP contribution in [0.1, 0.15) is 168 Å². The number of hydrogen-bond acceptors (Lipinski definition) is 4. The fourth-order valence-corrected chi connectivity index (χ4v) is 4.42. The summed E-state index contributed by atoms with van der Waals surface area (Å²) in [5.41, 5.74) is 1.16. The molecule has 4 heteroatoms. The second kappa shape index (κ2) is 26.2. The monoisotopic (exact) mass is 452 g/mol. The van der Waals surface area contributed by atoms with Crippen molar-refractivity contribution in [3.63, 3.8) is 0 Å². The highest BCUT2D eigenvalue weighted by molar-refractivity contribution is 6.42. The molecule has 0 fully saturated rings. The molecule has 0 radical (unpaired) electrons. The molecular formula is C28H56N2O2. The summed E-state index contributed by atoms with van der Waals surface area (Å²) in [7, 11) is 0. The second-order valence-corrected chi connectivity index (χ2v) is 9.66. The molecule has 0 aromatic carbocycles. The minimum atomic E-state index is 0.579. The fraction of sp³-hybridized carbons (Fsp3) is 0.929. The molecule has 0 unspecified atom stereocenters. The van der Waals surface area contributed by atoms with E-state index in [-0.39, 0.29) is 0 Å². The predicted molar refractivity (Wildman–Crippen MR) is 141 cm³/mol. The average Bonchev–Trinajstić information content (AvgIpc) is 2.81. The Balaban J connectivity index is 3.64. The lowest BCUT2D eigenvalue weighted by atomic mass is 10.00. The van der Waals surface area contributed by atoms with Gasteiger partial charge in [0, 0.05) is 0 Å². The zero-order valence-electron chi connectivity index (χ0n) is 21.8. The van der Waals surface area contributed by atoms with E-state index in [0.29, 0.717) is 24.3 Å². The number of rotatable bonds is 25. The molecule has 32 heavy (non-hydrogen) atoms. The van der Waals surface area contributed by atoms with Crippen LogP contribution in [0.25, 0.3) is 0 Å². The molecule has 0 aromatic rings. The molecule has 190 valence electrons. The molecular weight excluding hydrogens is 396 g/mol. The van der Waals surface area contributed by atoms with Crippen molar-refractivity contribution in [3.05, 3.63) is 0 Å². The van der Waals surface area contributed by atoms with Crippen LogP contribution in [0.3, 0.4) is 0 Å². The van der Waals surface area contributed by atoms with E-state index in [4.69, 9.17) is 0 Å². The van der Waals surface area contributed by atoms with Crippen molar-refractivity contribution in [1.29, 1.82) is 0 Å². The van der Waals surface area contributed by atoms with Gasteiger partial charge in [-0.15, -0.1) is 0 Å². The van der Waals surface area contributed by atoms with Crippen molar-refractivity contribution in [2.24, 2.45) is 10.3 Å². The van der Waals surface area contributed by atoms with E-state index < -0.39 is 0 Å². The molecule has 0 aliphatic carbocycles. The Bertz CT molecular complexity index is 395. The van der Waals surface area contributed by atoms with Crippen LogP contribution in [0.2, 0.25) is 0 Å². The summed E-state index contributed by atoms with van der Waals surface area (Å²) in [4.78, 5) is 0. The fourth-order valence-electron chi connectivity index (χ4n) is 4.42. The molecule has 0 rings (SSSR count). The number of oxime groups is 2. The minimum Gasteiger partial charge on any atom is -0.411 e. The van der Waals surface area contributed by atoms with Gasteiger partial charge in [0.2, 0.25) is 0 Å². The third-order valence-corrected chi connectivity index (χ3v) is 6.61. The average molecular weight is 453 g/mol. The zero-order valence-corrected chi connectivity index (χ0v) is 21.8. The van der Waals surface area contributed by atoms with E-state index in [1.54, 1.807) is 0 Å². The number of unbranched alkanes of at least 4 members (excludes halogenated alkanes) is 20. The summed E-state index contributed by atoms with van der Waals surface area (Å²) in [5, 5.41) is 25.6. The van der Waals surface area contributed by atoms with Crippen LogP contribution in [0.5, 0.6) is 0 Å². The van der Waals surface area contributed by atoms with E-state index in [1.165, 1.54) is 116 Å². The van der Waals surface area contributed by atoms with E-state index in [2.05, 4.69) is 24.2 Å². The van der Waals surface area contributed by atoms with Gasteiger partial charge in [0.1, 0.15) is 11.4 Å². The zero-order chi connectivity index (χ0) is 23.5. The first-order valence-electron chi connectivity index (χ1n) is 14.2. The largest absolute Gasteiger partial charge is 0.411 e. The third-order valence-electron chi connectivity index (χ3n) is 6.61. The van der Waals surface area contributed by atoms with Gasteiger partial charge in [-0.05, 0) is 25.7 Å². The van der Waals surface area contributed by atoms with Crippen molar-refractivity contribution < 1.29 is 10.4 Å². The Morgan fingerprint density at radius 1 is 0.375 bits per heavy atom. The molecule has 0 saturated heterocycles. The van der Waals surface area contributed by atoms with Crippen molar-refractivity contribution in [2.45, 2.75) is 168 Å². The van der Waals surface area contributed by atoms with E-state index >= 15 is 0 Å². The lowest BCUT2D eigenvalue weighted by Crippen LogP contribution is -2.14. The van der Waals surface area contributed by atoms with Gasteiger partial charge in [0.05, 0.1) is 0 Å². The standard InChI is InChI=1S/C28H56N2O2/c1-3-5-7-9-11-13-15-17-19-21-23-25-27(29-31)28(30-32)26-24-22-20-18-16-14-12-10-8-6-4-2/h31-32H,3-26H2,1-2H3. The first-order valence-corrected chi connectivity index (χ1v) is 14.2. The summed E-state index contributed by atoms with van der Waals surface area (Å²) >= 11 is 0. The van der Waals surface area contributed by atoms with Crippen LogP contribution in [0.15, 0.2) is 10.3 Å². The van der Waals surface area contributed by atoms with Crippen LogP contribution in [0.4, 0.5) is 0 Å². The van der Waals surface area contributed by atoms with Crippen LogP contribution in [-0.4, -0.2) is 21.8 Å². The van der Waals surface area contributed by atoms with E-state index in [1.807, 2.05) is 0 Å². The summed E-state index contributed by atoms with van der Waals surface area (Å²) in [6.45, 7) is 4.53. The van der Waals surface area contributed by atoms with Crippen molar-refractivity contribution in [3.8, 4) is 0 Å². The Hall–Kier alpha value is -1.06. The smallest absolute Gasteiger partial charge is 0.104 e. The van der Waals surface area contributed by atoms with Gasteiger partial charge in [-0.2, -0.15) is 0 Å². The molecule has 0 atom stereocenters. The lowest BCUT2D eigenvalue weighted by molar-refractivity contribution is 0.312. The highest BCUT2D eigenvalue weighted by Crippen LogP contribution is 2.15. The first-order chi connectivity index (χ1) is 15.8. The Labute approximate surface area is 200 Å². The molecule has 0 spiro atoms. The van der Waals surface area contributed by atoms with Gasteiger partial charge in [0.15, 0.2) is 0 Å². The molecule has 0 aromatic heterocycles. The normalized spacial score (nSPS) is 12.6. The molecule has 0 amide bonds. The van der Waals surface area contributed by atoms with Crippen LogP contribution in [-0.2, 0) is 0 Å². The van der Waals surface area contributed by atoms with Gasteiger partial charge >= 0.3 is 0 Å². The summed E-state index contributed by atoms with van der Waals surface area (Å²) < 4.78 is 0. The molecule has 0 heterocycles. The van der Waals surface area contributed by atoms with Crippen molar-refractivity contribution >= 4 is 11.4 Å².